The van der Waals surface area contributed by atoms with Crippen LogP contribution in [0.15, 0.2) is 18.2 Å². The minimum Gasteiger partial charge on any atom is -0.383 e. The van der Waals surface area contributed by atoms with Crippen LogP contribution in [0.3, 0.4) is 0 Å². The smallest absolute Gasteiger partial charge is 0.255 e. The minimum atomic E-state index is 0.0788. The van der Waals surface area contributed by atoms with E-state index in [1.165, 1.54) is 0 Å². The molecule has 0 heterocycles. The summed E-state index contributed by atoms with van der Waals surface area (Å²) in [5, 5.41) is 0. The van der Waals surface area contributed by atoms with Gasteiger partial charge in [0.1, 0.15) is 0 Å². The maximum absolute atomic E-state index is 12.5. The van der Waals surface area contributed by atoms with Crippen LogP contribution in [0.1, 0.15) is 29.8 Å². The summed E-state index contributed by atoms with van der Waals surface area (Å²) in [6, 6.07) is 5.93. The van der Waals surface area contributed by atoms with E-state index in [4.69, 9.17) is 4.74 Å². The van der Waals surface area contributed by atoms with E-state index in [1.807, 2.05) is 43.9 Å². The summed E-state index contributed by atoms with van der Waals surface area (Å²) in [4.78, 5) is 14.4. The Morgan fingerprint density at radius 1 is 1.50 bits per heavy atom. The van der Waals surface area contributed by atoms with Gasteiger partial charge in [-0.3, -0.25) is 4.79 Å². The van der Waals surface area contributed by atoms with E-state index in [0.717, 1.165) is 14.7 Å². The third kappa shape index (κ3) is 3.45. The average molecular weight is 361 g/mol. The van der Waals surface area contributed by atoms with Crippen LogP contribution in [0.25, 0.3) is 0 Å². The average Bonchev–Trinajstić information content (AvgIpc) is 2.33. The van der Waals surface area contributed by atoms with Crippen molar-refractivity contribution < 1.29 is 9.53 Å². The fourth-order valence-electron chi connectivity index (χ4n) is 1.95. The number of amides is 1. The molecule has 4 heteroatoms. The number of hydrogen-bond acceptors (Lipinski definition) is 2. The van der Waals surface area contributed by atoms with Gasteiger partial charge in [0.05, 0.1) is 18.2 Å². The predicted molar refractivity (Wildman–Crippen MR) is 81.9 cm³/mol. The van der Waals surface area contributed by atoms with Crippen LogP contribution >= 0.6 is 22.6 Å². The SMILES string of the molecule is CCN(C(=O)c1cccc(C)c1I)C(C)COC. The van der Waals surface area contributed by atoms with Crippen molar-refractivity contribution in [3.05, 3.63) is 32.9 Å². The largest absolute Gasteiger partial charge is 0.383 e. The topological polar surface area (TPSA) is 29.5 Å². The Labute approximate surface area is 123 Å². The summed E-state index contributed by atoms with van der Waals surface area (Å²) >= 11 is 2.24. The number of carbonyl (C=O) groups excluding carboxylic acids is 1. The van der Waals surface area contributed by atoms with Crippen molar-refractivity contribution in [3.8, 4) is 0 Å². The van der Waals surface area contributed by atoms with Crippen LogP contribution in [-0.4, -0.2) is 37.1 Å². The number of aryl methyl sites for hydroxylation is 1. The van der Waals surface area contributed by atoms with Crippen molar-refractivity contribution in [2.45, 2.75) is 26.8 Å². The molecule has 0 bridgehead atoms. The molecule has 0 aliphatic carbocycles. The molecule has 100 valence electrons. The Morgan fingerprint density at radius 2 is 2.17 bits per heavy atom. The maximum Gasteiger partial charge on any atom is 0.255 e. The zero-order valence-corrected chi connectivity index (χ0v) is 13.5. The quantitative estimate of drug-likeness (QED) is 0.755. The molecule has 0 spiro atoms. The number of carbonyl (C=O) groups is 1. The van der Waals surface area contributed by atoms with E-state index < -0.39 is 0 Å². The van der Waals surface area contributed by atoms with Gasteiger partial charge < -0.3 is 9.64 Å². The standard InChI is InChI=1S/C14H20INO2/c1-5-16(11(3)9-18-4)14(17)12-8-6-7-10(2)13(12)15/h6-8,11H,5,9H2,1-4H3. The number of halogens is 1. The molecule has 1 aromatic carbocycles. The lowest BCUT2D eigenvalue weighted by Gasteiger charge is -2.28. The highest BCUT2D eigenvalue weighted by Crippen LogP contribution is 2.19. The Balaban J connectivity index is 3.00. The van der Waals surface area contributed by atoms with E-state index in [0.29, 0.717) is 13.2 Å². The first-order valence-electron chi connectivity index (χ1n) is 6.07. The monoisotopic (exact) mass is 361 g/mol. The van der Waals surface area contributed by atoms with Gasteiger partial charge in [0.2, 0.25) is 0 Å². The zero-order valence-electron chi connectivity index (χ0n) is 11.4. The van der Waals surface area contributed by atoms with E-state index in [-0.39, 0.29) is 11.9 Å². The predicted octanol–water partition coefficient (Wildman–Crippen LogP) is 3.10. The third-order valence-electron chi connectivity index (χ3n) is 2.96. The van der Waals surface area contributed by atoms with Crippen LogP contribution in [0.4, 0.5) is 0 Å². The fourth-order valence-corrected chi connectivity index (χ4v) is 2.54. The minimum absolute atomic E-state index is 0.0788. The van der Waals surface area contributed by atoms with Gasteiger partial charge in [-0.15, -0.1) is 0 Å². The van der Waals surface area contributed by atoms with Gasteiger partial charge in [0.15, 0.2) is 0 Å². The summed E-state index contributed by atoms with van der Waals surface area (Å²) < 4.78 is 6.16. The van der Waals surface area contributed by atoms with Gasteiger partial charge in [-0.1, -0.05) is 12.1 Å². The normalized spacial score (nSPS) is 12.3. The molecule has 1 rings (SSSR count). The fraction of sp³-hybridized carbons (Fsp3) is 0.500. The molecule has 1 unspecified atom stereocenters. The first-order valence-corrected chi connectivity index (χ1v) is 7.15. The molecule has 0 saturated heterocycles. The second-order valence-electron chi connectivity index (χ2n) is 4.33. The lowest BCUT2D eigenvalue weighted by atomic mass is 10.1. The number of methoxy groups -OCH3 is 1. The van der Waals surface area contributed by atoms with Gasteiger partial charge in [-0.25, -0.2) is 0 Å². The Bertz CT molecular complexity index is 420. The van der Waals surface area contributed by atoms with Crippen molar-refractivity contribution in [3.63, 3.8) is 0 Å². The molecule has 1 aromatic rings. The van der Waals surface area contributed by atoms with E-state index >= 15 is 0 Å². The van der Waals surface area contributed by atoms with Crippen molar-refractivity contribution in [2.75, 3.05) is 20.3 Å². The van der Waals surface area contributed by atoms with Crippen molar-refractivity contribution in [2.24, 2.45) is 0 Å². The first-order chi connectivity index (χ1) is 8.52. The number of rotatable bonds is 5. The molecular formula is C14H20INO2. The number of nitrogens with zero attached hydrogens (tertiary/aromatic N) is 1. The Morgan fingerprint density at radius 3 is 2.72 bits per heavy atom. The number of ether oxygens (including phenoxy) is 1. The second kappa shape index (κ2) is 7.09. The number of likely N-dealkylation sites (N-methyl/N-ethyl adjacent to an activating group) is 1. The summed E-state index contributed by atoms with van der Waals surface area (Å²) in [5.41, 5.74) is 1.91. The summed E-state index contributed by atoms with van der Waals surface area (Å²) in [6.07, 6.45) is 0. The highest BCUT2D eigenvalue weighted by Gasteiger charge is 2.21. The molecular weight excluding hydrogens is 341 g/mol. The van der Waals surface area contributed by atoms with Crippen molar-refractivity contribution in [1.82, 2.24) is 4.90 Å². The Hall–Kier alpha value is -0.620. The molecule has 3 nitrogen and oxygen atoms in total. The van der Waals surface area contributed by atoms with E-state index in [9.17, 15) is 4.79 Å². The van der Waals surface area contributed by atoms with Crippen LogP contribution in [0, 0.1) is 10.5 Å². The summed E-state index contributed by atoms with van der Waals surface area (Å²) in [6.45, 7) is 7.27. The molecule has 1 atom stereocenters. The number of hydrogen-bond donors (Lipinski definition) is 0. The van der Waals surface area contributed by atoms with E-state index in [2.05, 4.69) is 22.6 Å². The molecule has 0 radical (unpaired) electrons. The highest BCUT2D eigenvalue weighted by atomic mass is 127. The van der Waals surface area contributed by atoms with Crippen LogP contribution in [0.5, 0.6) is 0 Å². The molecule has 0 N–H and O–H groups in total. The van der Waals surface area contributed by atoms with Gasteiger partial charge >= 0.3 is 0 Å². The number of benzene rings is 1. The molecule has 0 fully saturated rings. The van der Waals surface area contributed by atoms with E-state index in [1.54, 1.807) is 7.11 Å². The van der Waals surface area contributed by atoms with Crippen LogP contribution in [-0.2, 0) is 4.74 Å². The molecule has 0 aliphatic rings. The molecule has 0 aliphatic heterocycles. The molecule has 0 saturated carbocycles. The zero-order chi connectivity index (χ0) is 13.7. The van der Waals surface area contributed by atoms with Gasteiger partial charge in [-0.05, 0) is 55.0 Å². The van der Waals surface area contributed by atoms with Gasteiger partial charge in [0.25, 0.3) is 5.91 Å². The summed E-state index contributed by atoms with van der Waals surface area (Å²) in [7, 11) is 1.66. The lowest BCUT2D eigenvalue weighted by molar-refractivity contribution is 0.0578. The van der Waals surface area contributed by atoms with Crippen LogP contribution in [0.2, 0.25) is 0 Å². The van der Waals surface area contributed by atoms with Crippen LogP contribution < -0.4 is 0 Å². The summed E-state index contributed by atoms with van der Waals surface area (Å²) in [5.74, 6) is 0.0788. The molecule has 0 aromatic heterocycles. The van der Waals surface area contributed by atoms with Crippen molar-refractivity contribution in [1.29, 1.82) is 0 Å². The maximum atomic E-state index is 12.5. The van der Waals surface area contributed by atoms with Crippen molar-refractivity contribution >= 4 is 28.5 Å². The van der Waals surface area contributed by atoms with Gasteiger partial charge in [0, 0.05) is 17.2 Å². The molecule has 18 heavy (non-hydrogen) atoms. The first kappa shape index (κ1) is 15.4. The highest BCUT2D eigenvalue weighted by molar-refractivity contribution is 14.1. The molecule has 1 amide bonds. The lowest BCUT2D eigenvalue weighted by Crippen LogP contribution is -2.41. The third-order valence-corrected chi connectivity index (χ3v) is 4.40. The second-order valence-corrected chi connectivity index (χ2v) is 5.41. The Kier molecular flexibility index (Phi) is 6.08. The van der Waals surface area contributed by atoms with Gasteiger partial charge in [-0.2, -0.15) is 0 Å².